The Morgan fingerprint density at radius 1 is 1.70 bits per heavy atom. The van der Waals surface area contributed by atoms with Gasteiger partial charge in [0.05, 0.1) is 11.5 Å². The molecule has 1 aromatic rings. The van der Waals surface area contributed by atoms with E-state index >= 15 is 0 Å². The van der Waals surface area contributed by atoms with Gasteiger partial charge in [-0.05, 0) is 13.3 Å². The molecule has 1 aromatic heterocycles. The number of nitrogens with one attached hydrogen (secondary N) is 1. The van der Waals surface area contributed by atoms with Crippen molar-refractivity contribution in [2.24, 2.45) is 0 Å². The second-order valence-electron chi connectivity index (χ2n) is 2.14. The molecule has 1 heterocycles. The molecule has 0 saturated carbocycles. The third-order valence-corrected chi connectivity index (χ3v) is 1.42. The molecule has 0 saturated heterocycles. The van der Waals surface area contributed by atoms with Crippen LogP contribution in [0.5, 0.6) is 0 Å². The first kappa shape index (κ1) is 7.06. The van der Waals surface area contributed by atoms with Gasteiger partial charge in [-0.15, -0.1) is 0 Å². The van der Waals surface area contributed by atoms with E-state index in [4.69, 9.17) is 0 Å². The number of hydrogen-bond acceptors (Lipinski definition) is 1. The molecule has 1 rings (SSSR count). The second kappa shape index (κ2) is 3.20. The Morgan fingerprint density at radius 2 is 2.50 bits per heavy atom. The van der Waals surface area contributed by atoms with Gasteiger partial charge in [0.1, 0.15) is 0 Å². The molecule has 2 nitrogen and oxygen atoms in total. The molecule has 0 spiro atoms. The van der Waals surface area contributed by atoms with Crippen LogP contribution in [-0.4, -0.2) is 10.2 Å². The van der Waals surface area contributed by atoms with E-state index in [1.807, 2.05) is 19.2 Å². The molecule has 0 unspecified atom stereocenters. The lowest BCUT2D eigenvalue weighted by Gasteiger charge is -1.75. The first-order valence-electron chi connectivity index (χ1n) is 3.54. The van der Waals surface area contributed by atoms with Gasteiger partial charge >= 0.3 is 0 Å². The lowest BCUT2D eigenvalue weighted by Crippen LogP contribution is -2.21. The minimum absolute atomic E-state index is 1.04. The maximum absolute atomic E-state index is 3.92. The summed E-state index contributed by atoms with van der Waals surface area (Å²) in [5.41, 5.74) is 0. The zero-order valence-corrected chi connectivity index (χ0v) is 6.39. The Hall–Kier alpha value is -1.05. The zero-order chi connectivity index (χ0) is 7.40. The summed E-state index contributed by atoms with van der Waals surface area (Å²) in [6.45, 7) is 4.12. The fourth-order valence-electron chi connectivity index (χ4n) is 0.903. The quantitative estimate of drug-likeness (QED) is 0.595. The average Bonchev–Trinajstić information content (AvgIpc) is 2.36. The fraction of sp³-hybridized carbons (Fsp3) is 0.375. The molecule has 54 valence electrons. The topological polar surface area (TPSA) is 28.7 Å². The largest absolute Gasteiger partial charge is 0.278 e. The van der Waals surface area contributed by atoms with Crippen LogP contribution in [0.15, 0.2) is 6.20 Å². The first-order chi connectivity index (χ1) is 4.88. The molecule has 0 radical (unpaired) electrons. The van der Waals surface area contributed by atoms with E-state index in [1.54, 1.807) is 0 Å². The third-order valence-electron chi connectivity index (χ3n) is 1.42. The third kappa shape index (κ3) is 1.26. The van der Waals surface area contributed by atoms with E-state index in [2.05, 4.69) is 23.2 Å². The number of nitrogens with zero attached hydrogens (tertiary/aromatic N) is 1. The van der Waals surface area contributed by atoms with Crippen LogP contribution in [0.1, 0.15) is 20.3 Å². The van der Waals surface area contributed by atoms with Crippen molar-refractivity contribution in [3.05, 3.63) is 16.8 Å². The van der Waals surface area contributed by atoms with Gasteiger partial charge in [0.25, 0.3) is 0 Å². The smallest absolute Gasteiger partial charge is 0.0607 e. The highest BCUT2D eigenvalue weighted by molar-refractivity contribution is 5.24. The molecule has 0 aromatic carbocycles. The predicted molar refractivity (Wildman–Crippen MR) is 42.7 cm³/mol. The van der Waals surface area contributed by atoms with Gasteiger partial charge in [0, 0.05) is 5.22 Å². The van der Waals surface area contributed by atoms with Crippen molar-refractivity contribution in [1.29, 1.82) is 0 Å². The van der Waals surface area contributed by atoms with Crippen LogP contribution >= 0.6 is 0 Å². The van der Waals surface area contributed by atoms with Crippen LogP contribution in [0.3, 0.4) is 0 Å². The van der Waals surface area contributed by atoms with Crippen molar-refractivity contribution < 1.29 is 0 Å². The Kier molecular flexibility index (Phi) is 2.26. The van der Waals surface area contributed by atoms with E-state index in [1.165, 1.54) is 5.22 Å². The second-order valence-corrected chi connectivity index (χ2v) is 2.14. The van der Waals surface area contributed by atoms with Gasteiger partial charge in [-0.3, -0.25) is 5.10 Å². The molecule has 0 fully saturated rings. The van der Waals surface area contributed by atoms with E-state index in [-0.39, 0.29) is 0 Å². The van der Waals surface area contributed by atoms with E-state index in [0.29, 0.717) is 0 Å². The van der Waals surface area contributed by atoms with Crippen LogP contribution < -0.4 is 10.6 Å². The molecule has 0 bridgehead atoms. The monoisotopic (exact) mass is 136 g/mol. The first-order valence-corrected chi connectivity index (χ1v) is 3.54. The van der Waals surface area contributed by atoms with Crippen molar-refractivity contribution in [3.63, 3.8) is 0 Å². The van der Waals surface area contributed by atoms with Gasteiger partial charge in [-0.2, -0.15) is 5.10 Å². The lowest BCUT2D eigenvalue weighted by molar-refractivity contribution is 1.05. The van der Waals surface area contributed by atoms with Crippen molar-refractivity contribution in [2.45, 2.75) is 20.3 Å². The van der Waals surface area contributed by atoms with E-state index < -0.39 is 0 Å². The van der Waals surface area contributed by atoms with E-state index in [9.17, 15) is 0 Å². The number of aromatic nitrogens is 2. The predicted octanol–water partition coefficient (Wildman–Crippen LogP) is 0.401. The minimum Gasteiger partial charge on any atom is -0.278 e. The molecule has 1 N–H and O–H groups in total. The molecule has 0 atom stereocenters. The minimum atomic E-state index is 1.04. The summed E-state index contributed by atoms with van der Waals surface area (Å²) < 4.78 is 0. The average molecular weight is 136 g/mol. The summed E-state index contributed by atoms with van der Waals surface area (Å²) in [7, 11) is 0. The summed E-state index contributed by atoms with van der Waals surface area (Å²) in [5.74, 6) is 0. The Morgan fingerprint density at radius 3 is 3.10 bits per heavy atom. The summed E-state index contributed by atoms with van der Waals surface area (Å²) in [6.07, 6.45) is 7.05. The lowest BCUT2D eigenvalue weighted by atomic mass is 10.3. The number of aromatic amines is 1. The molecule has 0 aliphatic heterocycles. The molecule has 10 heavy (non-hydrogen) atoms. The Bertz CT molecular complexity index is 295. The summed E-state index contributed by atoms with van der Waals surface area (Å²) >= 11 is 0. The highest BCUT2D eigenvalue weighted by Gasteiger charge is 1.81. The van der Waals surface area contributed by atoms with Crippen LogP contribution in [0.2, 0.25) is 0 Å². The van der Waals surface area contributed by atoms with Gasteiger partial charge in [0.2, 0.25) is 0 Å². The van der Waals surface area contributed by atoms with Crippen molar-refractivity contribution in [1.82, 2.24) is 10.2 Å². The van der Waals surface area contributed by atoms with Gasteiger partial charge in [-0.1, -0.05) is 19.1 Å². The van der Waals surface area contributed by atoms with Crippen LogP contribution in [0.4, 0.5) is 0 Å². The summed E-state index contributed by atoms with van der Waals surface area (Å²) in [6, 6.07) is 0. The highest BCUT2D eigenvalue weighted by Crippen LogP contribution is 1.71. The Labute approximate surface area is 60.3 Å². The molecule has 0 amide bonds. The zero-order valence-electron chi connectivity index (χ0n) is 6.39. The molecule has 0 aliphatic carbocycles. The maximum atomic E-state index is 3.92. The normalized spacial score (nSPS) is 14.6. The molecular formula is C8H12N2. The van der Waals surface area contributed by atoms with Gasteiger partial charge in [-0.25, -0.2) is 0 Å². The van der Waals surface area contributed by atoms with Gasteiger partial charge in [0.15, 0.2) is 0 Å². The standard InChI is InChI=1S/C8H12N2/c1-3-5-8-7(4-2)6-9-10-8/h4-6,10H,3H2,1-2H3/b7-4-,8-5+. The number of rotatable bonds is 1. The van der Waals surface area contributed by atoms with Crippen LogP contribution in [-0.2, 0) is 0 Å². The maximum Gasteiger partial charge on any atom is 0.0607 e. The number of hydrogen-bond donors (Lipinski definition) is 1. The summed E-state index contributed by atoms with van der Waals surface area (Å²) in [5, 5.41) is 9.16. The number of H-pyrrole nitrogens is 1. The SMILES string of the molecule is C/C=c1/cn[nH]/c1=C/CC. The molecular weight excluding hydrogens is 124 g/mol. The molecule has 2 heteroatoms. The van der Waals surface area contributed by atoms with Crippen molar-refractivity contribution in [2.75, 3.05) is 0 Å². The van der Waals surface area contributed by atoms with Crippen LogP contribution in [0, 0.1) is 0 Å². The van der Waals surface area contributed by atoms with E-state index in [0.717, 1.165) is 11.8 Å². The molecule has 0 aliphatic rings. The van der Waals surface area contributed by atoms with Gasteiger partial charge < -0.3 is 0 Å². The Balaban J connectivity index is 3.28. The fourth-order valence-corrected chi connectivity index (χ4v) is 0.903. The summed E-state index contributed by atoms with van der Waals surface area (Å²) in [4.78, 5) is 0. The van der Waals surface area contributed by atoms with Crippen LogP contribution in [0.25, 0.3) is 12.2 Å². The highest BCUT2D eigenvalue weighted by atomic mass is 15.1. The van der Waals surface area contributed by atoms with Crippen molar-refractivity contribution in [3.8, 4) is 0 Å². The van der Waals surface area contributed by atoms with Crippen molar-refractivity contribution >= 4 is 12.2 Å².